The molecule has 0 bridgehead atoms. The van der Waals surface area contributed by atoms with Crippen molar-refractivity contribution in [1.82, 2.24) is 10.6 Å². The van der Waals surface area contributed by atoms with E-state index in [0.29, 0.717) is 23.6 Å². The zero-order valence-electron chi connectivity index (χ0n) is 12.4. The standard InChI is InChI=1S/C15H21N3O2.ClH/c1-10-3-4-12(15(20)16-2)8-13(10)18-14(19)7-11-5-6-17-9-11;/h3-4,8,11,17H,5-7,9H2,1-2H3,(H,16,20)(H,18,19);1H. The van der Waals surface area contributed by atoms with E-state index in [4.69, 9.17) is 0 Å². The topological polar surface area (TPSA) is 70.2 Å². The van der Waals surface area contributed by atoms with Crippen LogP contribution in [-0.2, 0) is 4.79 Å². The molecular formula is C15H22ClN3O2. The van der Waals surface area contributed by atoms with E-state index in [2.05, 4.69) is 16.0 Å². The Labute approximate surface area is 131 Å². The fourth-order valence-electron chi connectivity index (χ4n) is 2.39. The summed E-state index contributed by atoms with van der Waals surface area (Å²) >= 11 is 0. The molecule has 116 valence electrons. The molecule has 1 aromatic carbocycles. The average molecular weight is 312 g/mol. The number of rotatable bonds is 4. The molecule has 0 saturated carbocycles. The molecule has 2 amide bonds. The molecule has 1 heterocycles. The molecule has 0 radical (unpaired) electrons. The van der Waals surface area contributed by atoms with Crippen molar-refractivity contribution in [1.29, 1.82) is 0 Å². The van der Waals surface area contributed by atoms with Crippen molar-refractivity contribution in [3.8, 4) is 0 Å². The molecule has 1 unspecified atom stereocenters. The minimum Gasteiger partial charge on any atom is -0.355 e. The summed E-state index contributed by atoms with van der Waals surface area (Å²) in [7, 11) is 1.59. The van der Waals surface area contributed by atoms with Crippen molar-refractivity contribution in [3.63, 3.8) is 0 Å². The van der Waals surface area contributed by atoms with Crippen LogP contribution >= 0.6 is 12.4 Å². The predicted octanol–water partition coefficient (Wildman–Crippen LogP) is 1.71. The largest absolute Gasteiger partial charge is 0.355 e. The van der Waals surface area contributed by atoms with E-state index >= 15 is 0 Å². The van der Waals surface area contributed by atoms with Gasteiger partial charge in [0.2, 0.25) is 5.91 Å². The Morgan fingerprint density at radius 1 is 1.38 bits per heavy atom. The van der Waals surface area contributed by atoms with E-state index in [1.165, 1.54) is 0 Å². The lowest BCUT2D eigenvalue weighted by molar-refractivity contribution is -0.117. The maximum absolute atomic E-state index is 12.0. The van der Waals surface area contributed by atoms with Gasteiger partial charge in [-0.3, -0.25) is 9.59 Å². The molecular weight excluding hydrogens is 290 g/mol. The summed E-state index contributed by atoms with van der Waals surface area (Å²) < 4.78 is 0. The van der Waals surface area contributed by atoms with Crippen LogP contribution in [0.15, 0.2) is 18.2 Å². The maximum Gasteiger partial charge on any atom is 0.251 e. The zero-order chi connectivity index (χ0) is 14.5. The molecule has 3 N–H and O–H groups in total. The van der Waals surface area contributed by atoms with Gasteiger partial charge in [-0.15, -0.1) is 12.4 Å². The highest BCUT2D eigenvalue weighted by Crippen LogP contribution is 2.19. The van der Waals surface area contributed by atoms with Gasteiger partial charge in [0, 0.05) is 24.7 Å². The van der Waals surface area contributed by atoms with E-state index in [1.54, 1.807) is 19.2 Å². The lowest BCUT2D eigenvalue weighted by atomic mass is 10.0. The molecule has 1 saturated heterocycles. The molecule has 1 aliphatic heterocycles. The Hall–Kier alpha value is -1.59. The third-order valence-electron chi connectivity index (χ3n) is 3.64. The molecule has 2 rings (SSSR count). The van der Waals surface area contributed by atoms with Crippen LogP contribution in [-0.4, -0.2) is 32.0 Å². The van der Waals surface area contributed by atoms with Gasteiger partial charge in [-0.2, -0.15) is 0 Å². The second-order valence-corrected chi connectivity index (χ2v) is 5.22. The molecule has 0 spiro atoms. The minimum atomic E-state index is -0.152. The van der Waals surface area contributed by atoms with E-state index < -0.39 is 0 Å². The number of benzene rings is 1. The van der Waals surface area contributed by atoms with Crippen molar-refractivity contribution in [2.75, 3.05) is 25.5 Å². The van der Waals surface area contributed by atoms with E-state index in [9.17, 15) is 9.59 Å². The highest BCUT2D eigenvalue weighted by molar-refractivity contribution is 5.97. The predicted molar refractivity (Wildman–Crippen MR) is 86.0 cm³/mol. The average Bonchev–Trinajstić information content (AvgIpc) is 2.93. The minimum absolute atomic E-state index is 0. The fraction of sp³-hybridized carbons (Fsp3) is 0.467. The first-order valence-corrected chi connectivity index (χ1v) is 6.93. The Balaban J connectivity index is 0.00000220. The summed E-state index contributed by atoms with van der Waals surface area (Å²) in [6.45, 7) is 3.81. The Bertz CT molecular complexity index is 514. The molecule has 0 aromatic heterocycles. The van der Waals surface area contributed by atoms with Crippen LogP contribution in [0.1, 0.15) is 28.8 Å². The Kier molecular flexibility index (Phi) is 6.65. The molecule has 1 atom stereocenters. The molecule has 0 aliphatic carbocycles. The van der Waals surface area contributed by atoms with E-state index in [-0.39, 0.29) is 24.2 Å². The summed E-state index contributed by atoms with van der Waals surface area (Å²) in [5.74, 6) is 0.272. The van der Waals surface area contributed by atoms with Crippen LogP contribution in [0.4, 0.5) is 5.69 Å². The molecule has 6 heteroatoms. The van der Waals surface area contributed by atoms with Gasteiger partial charge in [-0.1, -0.05) is 6.07 Å². The van der Waals surface area contributed by atoms with Crippen LogP contribution in [0.25, 0.3) is 0 Å². The lowest BCUT2D eigenvalue weighted by Crippen LogP contribution is -2.20. The highest BCUT2D eigenvalue weighted by Gasteiger charge is 2.18. The Morgan fingerprint density at radius 2 is 2.14 bits per heavy atom. The van der Waals surface area contributed by atoms with Crippen LogP contribution < -0.4 is 16.0 Å². The summed E-state index contributed by atoms with van der Waals surface area (Å²) in [5.41, 5.74) is 2.22. The van der Waals surface area contributed by atoms with Crippen LogP contribution in [0.3, 0.4) is 0 Å². The number of aryl methyl sites for hydroxylation is 1. The lowest BCUT2D eigenvalue weighted by Gasteiger charge is -2.12. The molecule has 1 aromatic rings. The third kappa shape index (κ3) is 4.72. The summed E-state index contributed by atoms with van der Waals surface area (Å²) in [6.07, 6.45) is 1.57. The van der Waals surface area contributed by atoms with Gasteiger partial charge in [0.25, 0.3) is 5.91 Å². The second kappa shape index (κ2) is 8.00. The van der Waals surface area contributed by atoms with Gasteiger partial charge in [-0.05, 0) is 50.0 Å². The Morgan fingerprint density at radius 3 is 2.76 bits per heavy atom. The molecule has 5 nitrogen and oxygen atoms in total. The number of hydrogen-bond acceptors (Lipinski definition) is 3. The van der Waals surface area contributed by atoms with Crippen molar-refractivity contribution in [2.24, 2.45) is 5.92 Å². The maximum atomic E-state index is 12.0. The summed E-state index contributed by atoms with van der Waals surface area (Å²) in [5, 5.41) is 8.74. The van der Waals surface area contributed by atoms with Crippen LogP contribution in [0.5, 0.6) is 0 Å². The van der Waals surface area contributed by atoms with Crippen molar-refractivity contribution in [2.45, 2.75) is 19.8 Å². The van der Waals surface area contributed by atoms with Crippen molar-refractivity contribution in [3.05, 3.63) is 29.3 Å². The third-order valence-corrected chi connectivity index (χ3v) is 3.64. The number of hydrogen-bond donors (Lipinski definition) is 3. The van der Waals surface area contributed by atoms with Crippen molar-refractivity contribution < 1.29 is 9.59 Å². The molecule has 1 aliphatic rings. The van der Waals surface area contributed by atoms with Gasteiger partial charge in [0.05, 0.1) is 0 Å². The first kappa shape index (κ1) is 17.5. The highest BCUT2D eigenvalue weighted by atomic mass is 35.5. The van der Waals surface area contributed by atoms with Crippen molar-refractivity contribution >= 4 is 29.9 Å². The number of carbonyl (C=O) groups excluding carboxylic acids is 2. The molecule has 21 heavy (non-hydrogen) atoms. The number of carbonyl (C=O) groups is 2. The van der Waals surface area contributed by atoms with Crippen LogP contribution in [0, 0.1) is 12.8 Å². The number of halogens is 1. The summed E-state index contributed by atoms with van der Waals surface area (Å²) in [6, 6.07) is 5.32. The number of amides is 2. The van der Waals surface area contributed by atoms with E-state index in [1.807, 2.05) is 13.0 Å². The van der Waals surface area contributed by atoms with Gasteiger partial charge < -0.3 is 16.0 Å². The van der Waals surface area contributed by atoms with Gasteiger partial charge >= 0.3 is 0 Å². The zero-order valence-corrected chi connectivity index (χ0v) is 13.2. The van der Waals surface area contributed by atoms with Crippen LogP contribution in [0.2, 0.25) is 0 Å². The SMILES string of the molecule is CNC(=O)c1ccc(C)c(NC(=O)CC2CCNC2)c1.Cl. The number of anilines is 1. The van der Waals surface area contributed by atoms with Gasteiger partial charge in [0.1, 0.15) is 0 Å². The van der Waals surface area contributed by atoms with Gasteiger partial charge in [0.15, 0.2) is 0 Å². The quantitative estimate of drug-likeness (QED) is 0.793. The monoisotopic (exact) mass is 311 g/mol. The normalized spacial score (nSPS) is 17.0. The first-order chi connectivity index (χ1) is 9.60. The fourth-order valence-corrected chi connectivity index (χ4v) is 2.39. The van der Waals surface area contributed by atoms with Gasteiger partial charge in [-0.25, -0.2) is 0 Å². The van der Waals surface area contributed by atoms with E-state index in [0.717, 1.165) is 25.1 Å². The second-order valence-electron chi connectivity index (χ2n) is 5.22. The smallest absolute Gasteiger partial charge is 0.251 e. The first-order valence-electron chi connectivity index (χ1n) is 6.93. The number of nitrogens with one attached hydrogen (secondary N) is 3. The molecule has 1 fully saturated rings. The summed E-state index contributed by atoms with van der Waals surface area (Å²) in [4.78, 5) is 23.6.